The topological polar surface area (TPSA) is 142 Å². The van der Waals surface area contributed by atoms with E-state index in [1.807, 2.05) is 0 Å². The quantitative estimate of drug-likeness (QED) is 0.437. The molecule has 2 aromatic carbocycles. The Morgan fingerprint density at radius 2 is 1.50 bits per heavy atom. The van der Waals surface area contributed by atoms with Crippen LogP contribution in [0.4, 0.5) is 11.4 Å². The number of ether oxygens (including phenoxy) is 1. The Kier molecular flexibility index (Phi) is 6.38. The lowest BCUT2D eigenvalue weighted by Gasteiger charge is -2.19. The first kappa shape index (κ1) is 20.5. The Balaban J connectivity index is 2.39. The molecule has 0 fully saturated rings. The number of rotatable bonds is 7. The Hall–Kier alpha value is -3.82. The molecule has 10 heteroatoms. The van der Waals surface area contributed by atoms with Gasteiger partial charge in [0.15, 0.2) is 6.04 Å². The van der Waals surface area contributed by atoms with Crippen LogP contribution in [0.3, 0.4) is 0 Å². The lowest BCUT2D eigenvalue weighted by Crippen LogP contribution is -2.35. The maximum absolute atomic E-state index is 12.6. The van der Waals surface area contributed by atoms with Crippen LogP contribution in [0.15, 0.2) is 48.5 Å². The van der Waals surface area contributed by atoms with Crippen LogP contribution in [0.2, 0.25) is 0 Å². The summed E-state index contributed by atoms with van der Waals surface area (Å²) in [6.07, 6.45) is -0.436. The average Bonchev–Trinajstić information content (AvgIpc) is 2.65. The van der Waals surface area contributed by atoms with Crippen LogP contribution in [0.1, 0.15) is 35.8 Å². The molecule has 0 heterocycles. The molecule has 0 aromatic heterocycles. The average molecular weight is 387 g/mol. The van der Waals surface area contributed by atoms with Gasteiger partial charge in [-0.25, -0.2) is 4.79 Å². The van der Waals surface area contributed by atoms with Crippen molar-refractivity contribution in [1.29, 1.82) is 0 Å². The summed E-state index contributed by atoms with van der Waals surface area (Å²) in [4.78, 5) is 45.3. The van der Waals surface area contributed by atoms with Gasteiger partial charge in [0.25, 0.3) is 17.3 Å². The third-order valence-electron chi connectivity index (χ3n) is 3.58. The van der Waals surface area contributed by atoms with Crippen molar-refractivity contribution in [2.24, 2.45) is 0 Å². The predicted octanol–water partition coefficient (Wildman–Crippen LogP) is 2.93. The molecule has 28 heavy (non-hydrogen) atoms. The zero-order valence-electron chi connectivity index (χ0n) is 15.0. The van der Waals surface area contributed by atoms with E-state index in [9.17, 15) is 29.8 Å². The van der Waals surface area contributed by atoms with Gasteiger partial charge in [0.1, 0.15) is 0 Å². The predicted molar refractivity (Wildman–Crippen MR) is 97.6 cm³/mol. The minimum atomic E-state index is -1.19. The highest BCUT2D eigenvalue weighted by Crippen LogP contribution is 2.24. The van der Waals surface area contributed by atoms with Gasteiger partial charge in [-0.05, 0) is 19.4 Å². The van der Waals surface area contributed by atoms with Crippen molar-refractivity contribution in [3.05, 3.63) is 79.9 Å². The van der Waals surface area contributed by atoms with Crippen molar-refractivity contribution in [3.63, 3.8) is 0 Å². The van der Waals surface area contributed by atoms with Gasteiger partial charge < -0.3 is 10.1 Å². The second kappa shape index (κ2) is 8.71. The summed E-state index contributed by atoms with van der Waals surface area (Å²) in [6, 6.07) is 9.61. The fraction of sp³-hybridized carbons (Fsp3) is 0.222. The maximum atomic E-state index is 12.6. The lowest BCUT2D eigenvalue weighted by atomic mass is 10.1. The van der Waals surface area contributed by atoms with Crippen LogP contribution in [-0.2, 0) is 9.53 Å². The third-order valence-corrected chi connectivity index (χ3v) is 3.58. The summed E-state index contributed by atoms with van der Waals surface area (Å²) in [5, 5.41) is 24.4. The van der Waals surface area contributed by atoms with Crippen molar-refractivity contribution >= 4 is 23.3 Å². The molecule has 10 nitrogen and oxygen atoms in total. The fourth-order valence-corrected chi connectivity index (χ4v) is 2.38. The summed E-state index contributed by atoms with van der Waals surface area (Å²) in [7, 11) is 0. The van der Waals surface area contributed by atoms with Gasteiger partial charge in [-0.2, -0.15) is 0 Å². The number of benzene rings is 2. The first-order valence-electron chi connectivity index (χ1n) is 8.19. The molecule has 0 aliphatic carbocycles. The number of nitro groups is 2. The molecule has 1 amide bonds. The molecule has 0 radical (unpaired) electrons. The molecule has 0 saturated carbocycles. The second-order valence-electron chi connectivity index (χ2n) is 6.06. The first-order chi connectivity index (χ1) is 13.2. The smallest absolute Gasteiger partial charge is 0.333 e. The zero-order chi connectivity index (χ0) is 20.8. The fourth-order valence-electron chi connectivity index (χ4n) is 2.38. The Labute approximate surface area is 159 Å². The molecule has 0 aliphatic heterocycles. The van der Waals surface area contributed by atoms with E-state index in [1.165, 1.54) is 0 Å². The van der Waals surface area contributed by atoms with E-state index in [2.05, 4.69) is 5.32 Å². The SMILES string of the molecule is CC(C)OC(=O)[C@H](NC(=O)c1cc([N+](=O)[O-])cc([N+](=O)[O-])c1)c1ccccc1. The van der Waals surface area contributed by atoms with E-state index in [1.54, 1.807) is 44.2 Å². The number of hydrogen-bond acceptors (Lipinski definition) is 7. The van der Waals surface area contributed by atoms with E-state index < -0.39 is 45.2 Å². The number of non-ortho nitro benzene ring substituents is 2. The van der Waals surface area contributed by atoms with Crippen molar-refractivity contribution in [2.45, 2.75) is 26.0 Å². The molecule has 0 bridgehead atoms. The Bertz CT molecular complexity index is 880. The zero-order valence-corrected chi connectivity index (χ0v) is 15.0. The summed E-state index contributed by atoms with van der Waals surface area (Å²) in [6.45, 7) is 3.29. The number of carbonyl (C=O) groups excluding carboxylic acids is 2. The van der Waals surface area contributed by atoms with Crippen LogP contribution in [0, 0.1) is 20.2 Å². The van der Waals surface area contributed by atoms with Crippen LogP contribution in [0.25, 0.3) is 0 Å². The van der Waals surface area contributed by atoms with E-state index >= 15 is 0 Å². The summed E-state index contributed by atoms with van der Waals surface area (Å²) in [5.74, 6) is -1.61. The maximum Gasteiger partial charge on any atom is 0.333 e. The monoisotopic (exact) mass is 387 g/mol. The van der Waals surface area contributed by atoms with Crippen LogP contribution >= 0.6 is 0 Å². The second-order valence-corrected chi connectivity index (χ2v) is 6.06. The van der Waals surface area contributed by atoms with Crippen LogP contribution < -0.4 is 5.32 Å². The summed E-state index contributed by atoms with van der Waals surface area (Å²) < 4.78 is 5.16. The number of carbonyl (C=O) groups is 2. The van der Waals surface area contributed by atoms with Crippen molar-refractivity contribution in [3.8, 4) is 0 Å². The number of nitrogens with zero attached hydrogens (tertiary/aromatic N) is 2. The van der Waals surface area contributed by atoms with E-state index in [-0.39, 0.29) is 5.56 Å². The molecule has 0 aliphatic rings. The van der Waals surface area contributed by atoms with Gasteiger partial charge in [-0.15, -0.1) is 0 Å². The van der Waals surface area contributed by atoms with Gasteiger partial charge in [0.05, 0.1) is 27.6 Å². The number of nitrogens with one attached hydrogen (secondary N) is 1. The molecule has 0 saturated heterocycles. The minimum absolute atomic E-state index is 0.320. The summed E-state index contributed by atoms with van der Waals surface area (Å²) >= 11 is 0. The van der Waals surface area contributed by atoms with E-state index in [0.717, 1.165) is 18.2 Å². The molecule has 1 atom stereocenters. The van der Waals surface area contributed by atoms with Crippen molar-refractivity contribution in [2.75, 3.05) is 0 Å². The number of hydrogen-bond donors (Lipinski definition) is 1. The molecule has 2 rings (SSSR count). The van der Waals surface area contributed by atoms with Crippen LogP contribution in [0.5, 0.6) is 0 Å². The van der Waals surface area contributed by atoms with Gasteiger partial charge in [-0.1, -0.05) is 30.3 Å². The van der Waals surface area contributed by atoms with E-state index in [0.29, 0.717) is 5.56 Å². The highest BCUT2D eigenvalue weighted by molar-refractivity contribution is 5.98. The van der Waals surface area contributed by atoms with E-state index in [4.69, 9.17) is 4.74 Å². The van der Waals surface area contributed by atoms with Gasteiger partial charge in [0, 0.05) is 12.1 Å². The molecule has 0 spiro atoms. The van der Waals surface area contributed by atoms with Gasteiger partial charge >= 0.3 is 5.97 Å². The molecule has 2 aromatic rings. The number of amides is 1. The van der Waals surface area contributed by atoms with Crippen molar-refractivity contribution in [1.82, 2.24) is 5.32 Å². The first-order valence-corrected chi connectivity index (χ1v) is 8.19. The molecule has 146 valence electrons. The molecule has 1 N–H and O–H groups in total. The highest BCUT2D eigenvalue weighted by atomic mass is 16.6. The molecular formula is C18H17N3O7. The third kappa shape index (κ3) is 5.10. The van der Waals surface area contributed by atoms with Gasteiger partial charge in [0.2, 0.25) is 0 Å². The number of nitro benzene ring substituents is 2. The Morgan fingerprint density at radius 3 is 1.96 bits per heavy atom. The standard InChI is InChI=1S/C18H17N3O7/c1-11(2)28-18(23)16(12-6-4-3-5-7-12)19-17(22)13-8-14(20(24)25)10-15(9-13)21(26)27/h3-11,16H,1-2H3,(H,19,22)/t16-/m1/s1. The highest BCUT2D eigenvalue weighted by Gasteiger charge is 2.27. The van der Waals surface area contributed by atoms with Gasteiger partial charge in [-0.3, -0.25) is 25.0 Å². The minimum Gasteiger partial charge on any atom is -0.461 e. The lowest BCUT2D eigenvalue weighted by molar-refractivity contribution is -0.394. The number of esters is 1. The molecule has 0 unspecified atom stereocenters. The summed E-state index contributed by atoms with van der Waals surface area (Å²) in [5.41, 5.74) is -1.11. The van der Waals surface area contributed by atoms with Crippen LogP contribution in [-0.4, -0.2) is 27.8 Å². The van der Waals surface area contributed by atoms with Crippen molar-refractivity contribution < 1.29 is 24.2 Å². The Morgan fingerprint density at radius 1 is 0.964 bits per heavy atom. The molecular weight excluding hydrogens is 370 g/mol. The largest absolute Gasteiger partial charge is 0.461 e. The normalized spacial score (nSPS) is 11.5.